The van der Waals surface area contributed by atoms with Crippen molar-refractivity contribution in [3.8, 4) is 5.75 Å². The average molecular weight is 309 g/mol. The van der Waals surface area contributed by atoms with Crippen molar-refractivity contribution in [2.24, 2.45) is 0 Å². The van der Waals surface area contributed by atoms with Crippen LogP contribution >= 0.6 is 0 Å². The second kappa shape index (κ2) is 7.51. The van der Waals surface area contributed by atoms with Gasteiger partial charge in [0, 0.05) is 12.7 Å². The zero-order chi connectivity index (χ0) is 15.9. The van der Waals surface area contributed by atoms with E-state index < -0.39 is 0 Å². The molecule has 118 valence electrons. The minimum absolute atomic E-state index is 0.478. The fourth-order valence-corrected chi connectivity index (χ4v) is 2.26. The van der Waals surface area contributed by atoms with E-state index in [1.165, 1.54) is 11.9 Å². The van der Waals surface area contributed by atoms with Crippen molar-refractivity contribution < 1.29 is 4.74 Å². The Kier molecular flexibility index (Phi) is 4.95. The van der Waals surface area contributed by atoms with Gasteiger partial charge >= 0.3 is 0 Å². The lowest BCUT2D eigenvalue weighted by atomic mass is 10.2. The first-order valence-corrected chi connectivity index (χ1v) is 7.44. The Bertz CT molecular complexity index is 698. The lowest BCUT2D eigenvalue weighted by Gasteiger charge is -2.15. The van der Waals surface area contributed by atoms with Crippen LogP contribution in [0.1, 0.15) is 17.1 Å². The van der Waals surface area contributed by atoms with E-state index in [4.69, 9.17) is 4.74 Å². The highest BCUT2D eigenvalue weighted by Gasteiger charge is 2.04. The molecule has 23 heavy (non-hydrogen) atoms. The first-order valence-electron chi connectivity index (χ1n) is 7.44. The third-order valence-corrected chi connectivity index (χ3v) is 3.37. The third-order valence-electron chi connectivity index (χ3n) is 3.37. The van der Waals surface area contributed by atoms with Gasteiger partial charge in [0.25, 0.3) is 0 Å². The SMILES string of the molecule is CN(Cc1ccc(OCc2ccccn2)cc1)Cc1ncn[nH]1. The summed E-state index contributed by atoms with van der Waals surface area (Å²) >= 11 is 0. The van der Waals surface area contributed by atoms with Crippen LogP contribution in [0.15, 0.2) is 55.0 Å². The Labute approximate surface area is 135 Å². The number of aromatic nitrogens is 4. The molecule has 0 aliphatic heterocycles. The highest BCUT2D eigenvalue weighted by atomic mass is 16.5. The highest BCUT2D eigenvalue weighted by Crippen LogP contribution is 2.15. The molecule has 0 radical (unpaired) electrons. The maximum absolute atomic E-state index is 5.74. The molecule has 2 aromatic heterocycles. The minimum atomic E-state index is 0.478. The number of pyridine rings is 1. The molecule has 0 aliphatic rings. The van der Waals surface area contributed by atoms with Crippen molar-refractivity contribution in [2.75, 3.05) is 7.05 Å². The van der Waals surface area contributed by atoms with Crippen molar-refractivity contribution >= 4 is 0 Å². The topological polar surface area (TPSA) is 66.9 Å². The molecule has 0 atom stereocenters. The number of rotatable bonds is 7. The molecule has 0 bridgehead atoms. The summed E-state index contributed by atoms with van der Waals surface area (Å²) in [5.74, 6) is 1.71. The standard InChI is InChI=1S/C17H19N5O/c1-22(11-17-19-13-20-21-17)10-14-5-7-16(8-6-14)23-12-15-4-2-3-9-18-15/h2-9,13H,10-12H2,1H3,(H,19,20,21). The lowest BCUT2D eigenvalue weighted by Crippen LogP contribution is -2.18. The summed E-state index contributed by atoms with van der Waals surface area (Å²) in [6.45, 7) is 2.05. The molecule has 6 heteroatoms. The number of H-pyrrole nitrogens is 1. The summed E-state index contributed by atoms with van der Waals surface area (Å²) in [4.78, 5) is 10.5. The molecule has 0 spiro atoms. The van der Waals surface area contributed by atoms with Crippen LogP contribution in [0.5, 0.6) is 5.75 Å². The number of nitrogens with zero attached hydrogens (tertiary/aromatic N) is 4. The summed E-state index contributed by atoms with van der Waals surface area (Å²) in [5, 5.41) is 6.72. The van der Waals surface area contributed by atoms with Gasteiger partial charge in [0.05, 0.1) is 12.2 Å². The number of ether oxygens (including phenoxy) is 1. The van der Waals surface area contributed by atoms with Gasteiger partial charge in [0.15, 0.2) is 0 Å². The van der Waals surface area contributed by atoms with E-state index in [0.717, 1.165) is 30.4 Å². The molecular formula is C17H19N5O. The fourth-order valence-electron chi connectivity index (χ4n) is 2.26. The first-order chi connectivity index (χ1) is 11.3. The van der Waals surface area contributed by atoms with Gasteiger partial charge in [-0.25, -0.2) is 4.98 Å². The Hall–Kier alpha value is -2.73. The van der Waals surface area contributed by atoms with Gasteiger partial charge in [0.1, 0.15) is 24.5 Å². The van der Waals surface area contributed by atoms with Gasteiger partial charge in [-0.3, -0.25) is 15.0 Å². The van der Waals surface area contributed by atoms with E-state index in [9.17, 15) is 0 Å². The lowest BCUT2D eigenvalue weighted by molar-refractivity contribution is 0.299. The molecule has 1 aromatic carbocycles. The van der Waals surface area contributed by atoms with Crippen molar-refractivity contribution in [1.29, 1.82) is 0 Å². The molecule has 3 rings (SSSR count). The van der Waals surface area contributed by atoms with Crippen LogP contribution < -0.4 is 4.74 Å². The Morgan fingerprint density at radius 3 is 2.61 bits per heavy atom. The molecule has 0 unspecified atom stereocenters. The van der Waals surface area contributed by atoms with Crippen molar-refractivity contribution in [1.82, 2.24) is 25.1 Å². The van der Waals surface area contributed by atoms with Gasteiger partial charge in [-0.2, -0.15) is 5.10 Å². The number of hydrogen-bond acceptors (Lipinski definition) is 5. The molecule has 1 N–H and O–H groups in total. The minimum Gasteiger partial charge on any atom is -0.487 e. The second-order valence-corrected chi connectivity index (χ2v) is 5.36. The summed E-state index contributed by atoms with van der Waals surface area (Å²) in [6.07, 6.45) is 3.29. The molecule has 0 saturated carbocycles. The third kappa shape index (κ3) is 4.62. The Morgan fingerprint density at radius 1 is 1.04 bits per heavy atom. The van der Waals surface area contributed by atoms with E-state index in [2.05, 4.69) is 37.2 Å². The van der Waals surface area contributed by atoms with E-state index in [1.807, 2.05) is 37.4 Å². The summed E-state index contributed by atoms with van der Waals surface area (Å²) < 4.78 is 5.74. The van der Waals surface area contributed by atoms with E-state index >= 15 is 0 Å². The molecule has 3 aromatic rings. The smallest absolute Gasteiger partial charge is 0.138 e. The van der Waals surface area contributed by atoms with Crippen LogP contribution in [0, 0.1) is 0 Å². The van der Waals surface area contributed by atoms with Gasteiger partial charge in [-0.05, 0) is 36.9 Å². The van der Waals surface area contributed by atoms with Crippen LogP contribution in [0.4, 0.5) is 0 Å². The average Bonchev–Trinajstić information content (AvgIpc) is 3.08. The van der Waals surface area contributed by atoms with Crippen molar-refractivity contribution in [3.63, 3.8) is 0 Å². The van der Waals surface area contributed by atoms with Gasteiger partial charge in [0.2, 0.25) is 0 Å². The number of benzene rings is 1. The van der Waals surface area contributed by atoms with Crippen molar-refractivity contribution in [3.05, 3.63) is 72.1 Å². The molecule has 6 nitrogen and oxygen atoms in total. The quantitative estimate of drug-likeness (QED) is 0.726. The zero-order valence-electron chi connectivity index (χ0n) is 13.0. The number of nitrogens with one attached hydrogen (secondary N) is 1. The molecule has 0 saturated heterocycles. The van der Waals surface area contributed by atoms with Crippen LogP contribution in [-0.4, -0.2) is 32.1 Å². The monoisotopic (exact) mass is 309 g/mol. The predicted octanol–water partition coefficient (Wildman–Crippen LogP) is 2.41. The predicted molar refractivity (Wildman–Crippen MR) is 86.6 cm³/mol. The largest absolute Gasteiger partial charge is 0.487 e. The fraction of sp³-hybridized carbons (Fsp3) is 0.235. The van der Waals surface area contributed by atoms with E-state index in [1.54, 1.807) is 6.20 Å². The highest BCUT2D eigenvalue weighted by molar-refractivity contribution is 5.27. The van der Waals surface area contributed by atoms with Crippen molar-refractivity contribution in [2.45, 2.75) is 19.7 Å². The maximum Gasteiger partial charge on any atom is 0.138 e. The molecule has 0 aliphatic carbocycles. The number of hydrogen-bond donors (Lipinski definition) is 1. The van der Waals surface area contributed by atoms with E-state index in [0.29, 0.717) is 6.61 Å². The van der Waals surface area contributed by atoms with Crippen LogP contribution in [0.25, 0.3) is 0 Å². The van der Waals surface area contributed by atoms with Gasteiger partial charge in [-0.15, -0.1) is 0 Å². The van der Waals surface area contributed by atoms with Gasteiger partial charge in [-0.1, -0.05) is 18.2 Å². The van der Waals surface area contributed by atoms with Gasteiger partial charge < -0.3 is 4.74 Å². The van der Waals surface area contributed by atoms with Crippen LogP contribution in [0.3, 0.4) is 0 Å². The molecule has 0 fully saturated rings. The zero-order valence-corrected chi connectivity index (χ0v) is 13.0. The van der Waals surface area contributed by atoms with Crippen LogP contribution in [0.2, 0.25) is 0 Å². The Morgan fingerprint density at radius 2 is 1.91 bits per heavy atom. The summed E-state index contributed by atoms with van der Waals surface area (Å²) in [5.41, 5.74) is 2.14. The summed E-state index contributed by atoms with van der Waals surface area (Å²) in [6, 6.07) is 13.9. The van der Waals surface area contributed by atoms with E-state index in [-0.39, 0.29) is 0 Å². The van der Waals surface area contributed by atoms with Crippen LogP contribution in [-0.2, 0) is 19.7 Å². The normalized spacial score (nSPS) is 10.9. The first kappa shape index (κ1) is 15.2. The maximum atomic E-state index is 5.74. The number of aromatic amines is 1. The Balaban J connectivity index is 1.50. The molecular weight excluding hydrogens is 290 g/mol. The molecule has 0 amide bonds. The molecule has 2 heterocycles. The second-order valence-electron chi connectivity index (χ2n) is 5.36. The summed E-state index contributed by atoms with van der Waals surface area (Å²) in [7, 11) is 2.05.